The molecule has 0 saturated carbocycles. The Hall–Kier alpha value is -4.47. The molecular formula is C29H22Cl2N4O5. The molecule has 0 atom stereocenters. The van der Waals surface area contributed by atoms with Gasteiger partial charge in [0.1, 0.15) is 22.6 Å². The molecule has 0 spiro atoms. The molecule has 3 heterocycles. The second-order valence-corrected chi connectivity index (χ2v) is 9.47. The summed E-state index contributed by atoms with van der Waals surface area (Å²) in [6.07, 6.45) is 1.59. The van der Waals surface area contributed by atoms with Crippen LogP contribution in [0.3, 0.4) is 0 Å². The minimum absolute atomic E-state index is 0.0159. The zero-order valence-electron chi connectivity index (χ0n) is 21.2. The fourth-order valence-corrected chi connectivity index (χ4v) is 4.62. The highest BCUT2D eigenvalue weighted by Gasteiger charge is 2.20. The highest BCUT2D eigenvalue weighted by molar-refractivity contribution is 6.35. The largest absolute Gasteiger partial charge is 0.482 e. The van der Waals surface area contributed by atoms with E-state index in [-0.39, 0.29) is 51.6 Å². The molecule has 0 aliphatic carbocycles. The van der Waals surface area contributed by atoms with Gasteiger partial charge in [-0.2, -0.15) is 4.99 Å². The van der Waals surface area contributed by atoms with Crippen molar-refractivity contribution in [2.45, 2.75) is 13.5 Å². The second-order valence-electron chi connectivity index (χ2n) is 8.63. The van der Waals surface area contributed by atoms with Crippen LogP contribution in [0.15, 0.2) is 88.8 Å². The van der Waals surface area contributed by atoms with Gasteiger partial charge in [0.05, 0.1) is 23.6 Å². The zero-order chi connectivity index (χ0) is 28.2. The number of ether oxygens (including phenoxy) is 2. The molecule has 0 aliphatic rings. The Balaban J connectivity index is 1.73. The van der Waals surface area contributed by atoms with E-state index in [1.807, 2.05) is 30.3 Å². The lowest BCUT2D eigenvalue weighted by Gasteiger charge is -2.15. The minimum Gasteiger partial charge on any atom is -0.482 e. The van der Waals surface area contributed by atoms with Gasteiger partial charge in [-0.25, -0.2) is 9.78 Å². The third-order valence-electron chi connectivity index (χ3n) is 5.94. The van der Waals surface area contributed by atoms with E-state index in [0.717, 1.165) is 5.56 Å². The van der Waals surface area contributed by atoms with E-state index in [1.165, 1.54) is 22.6 Å². The monoisotopic (exact) mass is 576 g/mol. The molecule has 202 valence electrons. The van der Waals surface area contributed by atoms with Crippen molar-refractivity contribution in [3.63, 3.8) is 0 Å². The van der Waals surface area contributed by atoms with Crippen molar-refractivity contribution < 1.29 is 19.1 Å². The Morgan fingerprint density at radius 3 is 2.52 bits per heavy atom. The second kappa shape index (κ2) is 11.7. The number of esters is 1. The van der Waals surface area contributed by atoms with E-state index in [1.54, 1.807) is 42.0 Å². The van der Waals surface area contributed by atoms with Gasteiger partial charge in [-0.15, -0.1) is 0 Å². The Morgan fingerprint density at radius 2 is 1.77 bits per heavy atom. The van der Waals surface area contributed by atoms with Gasteiger partial charge in [0.25, 0.3) is 11.5 Å². The van der Waals surface area contributed by atoms with Crippen molar-refractivity contribution in [1.29, 1.82) is 0 Å². The van der Waals surface area contributed by atoms with Gasteiger partial charge in [0.15, 0.2) is 12.1 Å². The third-order valence-corrected chi connectivity index (χ3v) is 6.47. The summed E-state index contributed by atoms with van der Waals surface area (Å²) in [5.41, 5.74) is 1.02. The van der Waals surface area contributed by atoms with Gasteiger partial charge in [-0.1, -0.05) is 59.6 Å². The van der Waals surface area contributed by atoms with Gasteiger partial charge in [0, 0.05) is 11.2 Å². The van der Waals surface area contributed by atoms with Crippen molar-refractivity contribution in [3.05, 3.63) is 116 Å². The summed E-state index contributed by atoms with van der Waals surface area (Å²) in [4.78, 5) is 48.7. The van der Waals surface area contributed by atoms with Crippen molar-refractivity contribution in [3.8, 4) is 5.75 Å². The number of hydrogen-bond donors (Lipinski definition) is 0. The molecule has 0 bridgehead atoms. The maximum absolute atomic E-state index is 13.5. The standard InChI is InChI=1S/C29H22Cl2N4O5/c1-2-39-29(38)21-15-20-26(32-24-10-6-7-13-34(24)28(20)37)35(16-18-8-4-3-5-9-18)27(21)33-25(36)17-40-23-12-11-19(30)14-22(23)31/h3-15H,2,16-17H2,1H3. The Bertz CT molecular complexity index is 1880. The fourth-order valence-electron chi connectivity index (χ4n) is 4.16. The van der Waals surface area contributed by atoms with E-state index in [0.29, 0.717) is 10.7 Å². The summed E-state index contributed by atoms with van der Waals surface area (Å²) in [6.45, 7) is 1.43. The molecule has 0 fully saturated rings. The lowest BCUT2D eigenvalue weighted by molar-refractivity contribution is -0.120. The normalized spacial score (nSPS) is 11.6. The molecule has 40 heavy (non-hydrogen) atoms. The smallest absolute Gasteiger partial charge is 0.341 e. The first-order chi connectivity index (χ1) is 19.4. The first kappa shape index (κ1) is 27.1. The van der Waals surface area contributed by atoms with Gasteiger partial charge < -0.3 is 14.0 Å². The number of benzene rings is 2. The zero-order valence-corrected chi connectivity index (χ0v) is 22.7. The van der Waals surface area contributed by atoms with Gasteiger partial charge in [-0.3, -0.25) is 14.0 Å². The number of aromatic nitrogens is 3. The highest BCUT2D eigenvalue weighted by atomic mass is 35.5. The SMILES string of the molecule is CCOC(=O)c1cc2c(=O)n3ccccc3nc2n(Cc2ccccc2)c1=NC(=O)COc1ccc(Cl)cc1Cl. The number of rotatable bonds is 7. The molecule has 9 nitrogen and oxygen atoms in total. The predicted octanol–water partition coefficient (Wildman–Crippen LogP) is 4.69. The molecule has 2 aromatic carbocycles. The van der Waals surface area contributed by atoms with Crippen molar-refractivity contribution in [2.75, 3.05) is 13.2 Å². The lowest BCUT2D eigenvalue weighted by atomic mass is 10.1. The van der Waals surface area contributed by atoms with Crippen LogP contribution in [-0.4, -0.2) is 39.0 Å². The van der Waals surface area contributed by atoms with Crippen molar-refractivity contribution in [1.82, 2.24) is 14.0 Å². The van der Waals surface area contributed by atoms with Crippen LogP contribution < -0.4 is 15.8 Å². The van der Waals surface area contributed by atoms with E-state index in [4.69, 9.17) is 37.7 Å². The molecule has 11 heteroatoms. The fraction of sp³-hybridized carbons (Fsp3) is 0.138. The number of pyridine rings is 2. The first-order valence-electron chi connectivity index (χ1n) is 12.3. The van der Waals surface area contributed by atoms with Crippen LogP contribution in [0.2, 0.25) is 10.0 Å². The molecule has 0 radical (unpaired) electrons. The highest BCUT2D eigenvalue weighted by Crippen LogP contribution is 2.27. The van der Waals surface area contributed by atoms with Gasteiger partial charge >= 0.3 is 5.97 Å². The van der Waals surface area contributed by atoms with Crippen LogP contribution in [0.5, 0.6) is 5.75 Å². The van der Waals surface area contributed by atoms with Crippen molar-refractivity contribution >= 4 is 51.8 Å². The summed E-state index contributed by atoms with van der Waals surface area (Å²) in [7, 11) is 0. The van der Waals surface area contributed by atoms with E-state index in [2.05, 4.69) is 4.99 Å². The summed E-state index contributed by atoms with van der Waals surface area (Å²) < 4.78 is 13.8. The molecule has 3 aromatic heterocycles. The van der Waals surface area contributed by atoms with Crippen LogP contribution in [0.4, 0.5) is 0 Å². The van der Waals surface area contributed by atoms with Crippen LogP contribution in [0.25, 0.3) is 16.7 Å². The Morgan fingerprint density at radius 1 is 1.00 bits per heavy atom. The number of fused-ring (bicyclic) bond motifs is 2. The van der Waals surface area contributed by atoms with Crippen LogP contribution in [0.1, 0.15) is 22.8 Å². The summed E-state index contributed by atoms with van der Waals surface area (Å²) in [6, 6.07) is 20.5. The predicted molar refractivity (Wildman–Crippen MR) is 151 cm³/mol. The van der Waals surface area contributed by atoms with Crippen LogP contribution >= 0.6 is 23.2 Å². The Labute approximate surface area is 237 Å². The minimum atomic E-state index is -0.739. The lowest BCUT2D eigenvalue weighted by Crippen LogP contribution is -2.33. The van der Waals surface area contributed by atoms with E-state index in [9.17, 15) is 14.4 Å². The molecule has 0 unspecified atom stereocenters. The average Bonchev–Trinajstić information content (AvgIpc) is 2.94. The van der Waals surface area contributed by atoms with E-state index < -0.39 is 18.5 Å². The number of halogens is 2. The first-order valence-corrected chi connectivity index (χ1v) is 13.0. The topological polar surface area (TPSA) is 104 Å². The number of amides is 1. The molecule has 0 N–H and O–H groups in total. The van der Waals surface area contributed by atoms with E-state index >= 15 is 0 Å². The third kappa shape index (κ3) is 5.61. The molecule has 0 aliphatic heterocycles. The van der Waals surface area contributed by atoms with Crippen LogP contribution in [0, 0.1) is 0 Å². The number of carbonyl (C=O) groups excluding carboxylic acids is 2. The maximum atomic E-state index is 13.5. The van der Waals surface area contributed by atoms with Crippen molar-refractivity contribution in [2.24, 2.45) is 4.99 Å². The molecule has 5 aromatic rings. The quantitative estimate of drug-likeness (QED) is 0.206. The molecule has 5 rings (SSSR count). The number of nitrogens with zero attached hydrogens (tertiary/aromatic N) is 4. The van der Waals surface area contributed by atoms with Gasteiger partial charge in [-0.05, 0) is 48.9 Å². The van der Waals surface area contributed by atoms with Gasteiger partial charge in [0.2, 0.25) is 0 Å². The molecule has 1 amide bonds. The maximum Gasteiger partial charge on any atom is 0.341 e. The number of hydrogen-bond acceptors (Lipinski definition) is 6. The molecule has 0 saturated heterocycles. The number of carbonyl (C=O) groups is 2. The summed E-state index contributed by atoms with van der Waals surface area (Å²) in [5.74, 6) is -1.19. The van der Waals surface area contributed by atoms with Crippen LogP contribution in [-0.2, 0) is 16.1 Å². The summed E-state index contributed by atoms with van der Waals surface area (Å²) in [5, 5.41) is 0.814. The Kier molecular flexibility index (Phi) is 7.95. The average molecular weight is 577 g/mol. The molecular weight excluding hydrogens is 555 g/mol. The summed E-state index contributed by atoms with van der Waals surface area (Å²) >= 11 is 12.1.